The van der Waals surface area contributed by atoms with Gasteiger partial charge in [-0.15, -0.1) is 0 Å². The molecule has 1 aromatic carbocycles. The van der Waals surface area contributed by atoms with E-state index in [0.717, 1.165) is 24.3 Å². The lowest BCUT2D eigenvalue weighted by Crippen LogP contribution is -2.42. The molecule has 1 aliphatic rings. The van der Waals surface area contributed by atoms with Crippen LogP contribution in [0.3, 0.4) is 0 Å². The van der Waals surface area contributed by atoms with Crippen molar-refractivity contribution in [2.75, 3.05) is 30.8 Å². The molecular weight excluding hydrogens is 256 g/mol. The Hall–Kier alpha value is -1.75. The highest BCUT2D eigenvalue weighted by Gasteiger charge is 2.28. The number of piperidine rings is 1. The van der Waals surface area contributed by atoms with Crippen molar-refractivity contribution >= 4 is 17.3 Å². The number of ether oxygens (including phenoxy) is 1. The van der Waals surface area contributed by atoms with E-state index >= 15 is 0 Å². The molecule has 5 nitrogen and oxygen atoms in total. The van der Waals surface area contributed by atoms with Crippen LogP contribution in [-0.2, 0) is 4.74 Å². The topological polar surface area (TPSA) is 75.8 Å². The fraction of sp³-hybridized carbons (Fsp3) is 0.533. The van der Waals surface area contributed by atoms with Crippen molar-refractivity contribution in [2.45, 2.75) is 32.3 Å². The summed E-state index contributed by atoms with van der Waals surface area (Å²) in [5.74, 6) is -0.420. The number of nitrogens with zero attached hydrogens (tertiary/aromatic N) is 1. The monoisotopic (exact) mass is 278 g/mol. The molecule has 3 N–H and O–H groups in total. The van der Waals surface area contributed by atoms with E-state index in [0.29, 0.717) is 24.1 Å². The number of nitrogens with two attached hydrogens (primary N) is 1. The van der Waals surface area contributed by atoms with Crippen LogP contribution in [0.1, 0.15) is 35.7 Å². The van der Waals surface area contributed by atoms with Crippen molar-refractivity contribution in [2.24, 2.45) is 0 Å². The summed E-state index contributed by atoms with van der Waals surface area (Å²) in [6, 6.07) is 3.75. The maximum Gasteiger partial charge on any atom is 0.340 e. The molecule has 0 radical (unpaired) electrons. The second-order valence-electron chi connectivity index (χ2n) is 5.70. The van der Waals surface area contributed by atoms with Gasteiger partial charge in [0.05, 0.1) is 18.3 Å². The van der Waals surface area contributed by atoms with E-state index in [4.69, 9.17) is 10.5 Å². The van der Waals surface area contributed by atoms with Gasteiger partial charge >= 0.3 is 5.97 Å². The highest BCUT2D eigenvalue weighted by Crippen LogP contribution is 2.30. The van der Waals surface area contributed by atoms with Crippen LogP contribution < -0.4 is 10.6 Å². The first-order chi connectivity index (χ1) is 9.34. The first-order valence-electron chi connectivity index (χ1n) is 6.80. The lowest BCUT2D eigenvalue weighted by Gasteiger charge is -2.37. The van der Waals surface area contributed by atoms with E-state index in [9.17, 15) is 9.90 Å². The standard InChI is InChI=1S/C15H22N2O3/c1-10-8-11(9-12(13(10)16)14(18)20-3)17-6-4-15(2,19)5-7-17/h8-9,19H,4-7,16H2,1-3H3. The first-order valence-corrected chi connectivity index (χ1v) is 6.80. The molecule has 1 aromatic rings. The molecule has 1 fully saturated rings. The zero-order valence-corrected chi connectivity index (χ0v) is 12.3. The lowest BCUT2D eigenvalue weighted by molar-refractivity contribution is 0.0351. The summed E-state index contributed by atoms with van der Waals surface area (Å²) in [6.45, 7) is 5.26. The number of carbonyl (C=O) groups is 1. The van der Waals surface area contributed by atoms with Crippen LogP contribution >= 0.6 is 0 Å². The number of benzene rings is 1. The summed E-state index contributed by atoms with van der Waals surface area (Å²) in [6.07, 6.45) is 1.42. The molecule has 0 unspecified atom stereocenters. The van der Waals surface area contributed by atoms with Crippen LogP contribution in [0.2, 0.25) is 0 Å². The Labute approximate surface area is 119 Å². The van der Waals surface area contributed by atoms with E-state index in [1.54, 1.807) is 6.07 Å². The van der Waals surface area contributed by atoms with Crippen LogP contribution in [0.4, 0.5) is 11.4 Å². The van der Waals surface area contributed by atoms with Crippen molar-refractivity contribution in [3.05, 3.63) is 23.3 Å². The molecule has 0 aliphatic carbocycles. The van der Waals surface area contributed by atoms with Crippen molar-refractivity contribution in [3.63, 3.8) is 0 Å². The van der Waals surface area contributed by atoms with Gasteiger partial charge in [0.2, 0.25) is 0 Å². The molecule has 1 heterocycles. The Morgan fingerprint density at radius 1 is 1.40 bits per heavy atom. The molecule has 5 heteroatoms. The molecule has 0 spiro atoms. The average molecular weight is 278 g/mol. The zero-order chi connectivity index (χ0) is 14.9. The van der Waals surface area contributed by atoms with E-state index in [1.165, 1.54) is 7.11 Å². The van der Waals surface area contributed by atoms with Gasteiger partial charge in [0.1, 0.15) is 0 Å². The number of aryl methyl sites for hydroxylation is 1. The van der Waals surface area contributed by atoms with E-state index in [-0.39, 0.29) is 0 Å². The largest absolute Gasteiger partial charge is 0.465 e. The molecular formula is C15H22N2O3. The van der Waals surface area contributed by atoms with Crippen molar-refractivity contribution in [1.82, 2.24) is 0 Å². The summed E-state index contributed by atoms with van der Waals surface area (Å²) >= 11 is 0. The minimum atomic E-state index is -0.593. The van der Waals surface area contributed by atoms with Crippen LogP contribution in [0, 0.1) is 6.92 Å². The van der Waals surface area contributed by atoms with E-state index in [1.807, 2.05) is 19.9 Å². The van der Waals surface area contributed by atoms with E-state index in [2.05, 4.69) is 4.90 Å². The summed E-state index contributed by atoms with van der Waals surface area (Å²) in [5, 5.41) is 10.00. The van der Waals surface area contributed by atoms with Gasteiger partial charge in [-0.05, 0) is 44.4 Å². The van der Waals surface area contributed by atoms with Crippen LogP contribution in [0.25, 0.3) is 0 Å². The average Bonchev–Trinajstić information content (AvgIpc) is 2.41. The van der Waals surface area contributed by atoms with E-state index < -0.39 is 11.6 Å². The van der Waals surface area contributed by atoms with Gasteiger partial charge in [-0.1, -0.05) is 0 Å². The number of rotatable bonds is 2. The van der Waals surface area contributed by atoms with Crippen LogP contribution in [0.15, 0.2) is 12.1 Å². The van der Waals surface area contributed by atoms with Gasteiger partial charge < -0.3 is 20.5 Å². The third-order valence-electron chi connectivity index (χ3n) is 3.98. The SMILES string of the molecule is COC(=O)c1cc(N2CCC(C)(O)CC2)cc(C)c1N. The summed E-state index contributed by atoms with van der Waals surface area (Å²) in [5.41, 5.74) is 8.03. The maximum atomic E-state index is 11.8. The van der Waals surface area contributed by atoms with Gasteiger partial charge in [-0.3, -0.25) is 0 Å². The number of aliphatic hydroxyl groups is 1. The number of hydrogen-bond donors (Lipinski definition) is 2. The molecule has 0 aromatic heterocycles. The second kappa shape index (κ2) is 5.32. The third kappa shape index (κ3) is 2.88. The highest BCUT2D eigenvalue weighted by atomic mass is 16.5. The summed E-state index contributed by atoms with van der Waals surface area (Å²) in [7, 11) is 1.35. The number of nitrogen functional groups attached to an aromatic ring is 1. The lowest BCUT2D eigenvalue weighted by atomic mass is 9.93. The molecule has 1 saturated heterocycles. The molecule has 20 heavy (non-hydrogen) atoms. The Kier molecular flexibility index (Phi) is 3.90. The summed E-state index contributed by atoms with van der Waals surface area (Å²) < 4.78 is 4.77. The van der Waals surface area contributed by atoms with Crippen molar-refractivity contribution in [1.29, 1.82) is 0 Å². The minimum absolute atomic E-state index is 0.403. The van der Waals surface area contributed by atoms with Crippen molar-refractivity contribution < 1.29 is 14.6 Å². The minimum Gasteiger partial charge on any atom is -0.465 e. The Morgan fingerprint density at radius 2 is 2.00 bits per heavy atom. The van der Waals surface area contributed by atoms with Crippen molar-refractivity contribution in [3.8, 4) is 0 Å². The quantitative estimate of drug-likeness (QED) is 0.636. The smallest absolute Gasteiger partial charge is 0.340 e. The third-order valence-corrected chi connectivity index (χ3v) is 3.98. The Morgan fingerprint density at radius 3 is 2.55 bits per heavy atom. The Balaban J connectivity index is 2.29. The summed E-state index contributed by atoms with van der Waals surface area (Å²) in [4.78, 5) is 13.9. The number of esters is 1. The molecule has 0 atom stereocenters. The van der Waals surface area contributed by atoms with Gasteiger partial charge in [0.25, 0.3) is 0 Å². The number of methoxy groups -OCH3 is 1. The predicted molar refractivity (Wildman–Crippen MR) is 79.0 cm³/mol. The first kappa shape index (κ1) is 14.7. The maximum absolute atomic E-state index is 11.8. The normalized spacial score (nSPS) is 17.9. The van der Waals surface area contributed by atoms with Gasteiger partial charge in [-0.2, -0.15) is 0 Å². The predicted octanol–water partition coefficient (Wildman–Crippen LogP) is 1.72. The van der Waals surface area contributed by atoms with Gasteiger partial charge in [-0.25, -0.2) is 4.79 Å². The molecule has 110 valence electrons. The number of carbonyl (C=O) groups excluding carboxylic acids is 1. The second-order valence-corrected chi connectivity index (χ2v) is 5.70. The van der Waals surface area contributed by atoms with Crippen LogP contribution in [0.5, 0.6) is 0 Å². The number of hydrogen-bond acceptors (Lipinski definition) is 5. The van der Waals surface area contributed by atoms with Gasteiger partial charge in [0.15, 0.2) is 0 Å². The Bertz CT molecular complexity index is 516. The molecule has 1 aliphatic heterocycles. The molecule has 2 rings (SSSR count). The highest BCUT2D eigenvalue weighted by molar-refractivity contribution is 5.97. The molecule has 0 saturated carbocycles. The van der Waals surface area contributed by atoms with Crippen LogP contribution in [-0.4, -0.2) is 36.9 Å². The zero-order valence-electron chi connectivity index (χ0n) is 12.3. The van der Waals surface area contributed by atoms with Gasteiger partial charge in [0, 0.05) is 24.5 Å². The molecule has 0 bridgehead atoms. The fourth-order valence-electron chi connectivity index (χ4n) is 2.49. The number of anilines is 2. The molecule has 0 amide bonds. The fourth-order valence-corrected chi connectivity index (χ4v) is 2.49.